The molecule has 0 saturated heterocycles. The van der Waals surface area contributed by atoms with Crippen molar-refractivity contribution in [1.82, 2.24) is 30.2 Å². The molecule has 5 rings (SSSR count). The van der Waals surface area contributed by atoms with Crippen molar-refractivity contribution in [2.75, 3.05) is 5.32 Å². The van der Waals surface area contributed by atoms with Gasteiger partial charge in [0.25, 0.3) is 0 Å². The number of fused-ring (bicyclic) bond motifs is 2. The van der Waals surface area contributed by atoms with Crippen LogP contribution >= 0.6 is 0 Å². The number of aliphatic hydroxyl groups excluding tert-OH is 1. The highest BCUT2D eigenvalue weighted by molar-refractivity contribution is 5.87. The van der Waals surface area contributed by atoms with Crippen molar-refractivity contribution in [1.29, 1.82) is 0 Å². The van der Waals surface area contributed by atoms with E-state index in [0.29, 0.717) is 17.3 Å². The molecule has 3 aromatic heterocycles. The van der Waals surface area contributed by atoms with Crippen molar-refractivity contribution in [2.45, 2.75) is 19.6 Å². The number of hydrogen-bond acceptors (Lipinski definition) is 7. The van der Waals surface area contributed by atoms with Crippen LogP contribution in [0.15, 0.2) is 41.2 Å². The van der Waals surface area contributed by atoms with Crippen LogP contribution in [0.3, 0.4) is 0 Å². The van der Waals surface area contributed by atoms with Crippen molar-refractivity contribution >= 4 is 22.5 Å². The first kappa shape index (κ1) is 14.8. The maximum absolute atomic E-state index is 10.5. The topological polar surface area (TPSA) is 118 Å². The molecule has 0 spiro atoms. The van der Waals surface area contributed by atoms with Crippen LogP contribution in [0.1, 0.15) is 24.4 Å². The van der Waals surface area contributed by atoms with Crippen LogP contribution < -0.4 is 5.32 Å². The van der Waals surface area contributed by atoms with Gasteiger partial charge in [-0.15, -0.1) is 0 Å². The Morgan fingerprint density at radius 3 is 3.00 bits per heavy atom. The number of aromatic nitrogens is 6. The minimum atomic E-state index is -0.899. The van der Waals surface area contributed by atoms with Crippen LogP contribution in [0.5, 0.6) is 0 Å². The molecule has 0 radical (unpaired) electrons. The zero-order valence-corrected chi connectivity index (χ0v) is 13.8. The van der Waals surface area contributed by atoms with E-state index in [2.05, 4.69) is 30.8 Å². The van der Waals surface area contributed by atoms with E-state index in [1.165, 1.54) is 4.68 Å². The third-order valence-electron chi connectivity index (χ3n) is 4.39. The minimum Gasteiger partial charge on any atom is -0.444 e. The summed E-state index contributed by atoms with van der Waals surface area (Å²) in [5.41, 5.74) is 4.72. The molecule has 4 aromatic rings. The Hall–Kier alpha value is -3.46. The second-order valence-corrected chi connectivity index (χ2v) is 6.00. The molecule has 4 heterocycles. The van der Waals surface area contributed by atoms with E-state index in [-0.39, 0.29) is 0 Å². The second kappa shape index (κ2) is 5.53. The van der Waals surface area contributed by atoms with Gasteiger partial charge in [0.2, 0.25) is 5.89 Å². The fourth-order valence-electron chi connectivity index (χ4n) is 3.00. The summed E-state index contributed by atoms with van der Waals surface area (Å²) in [6.45, 7) is 2.01. The van der Waals surface area contributed by atoms with E-state index in [9.17, 15) is 5.11 Å². The molecular formula is C17H15N7O2. The monoisotopic (exact) mass is 349 g/mol. The largest absolute Gasteiger partial charge is 0.444 e. The van der Waals surface area contributed by atoms with Gasteiger partial charge in [-0.2, -0.15) is 20.5 Å². The van der Waals surface area contributed by atoms with Gasteiger partial charge in [0.15, 0.2) is 6.23 Å². The van der Waals surface area contributed by atoms with E-state index in [0.717, 1.165) is 34.4 Å². The molecule has 9 heteroatoms. The number of H-pyrrole nitrogens is 1. The third-order valence-corrected chi connectivity index (χ3v) is 4.39. The van der Waals surface area contributed by atoms with Crippen molar-refractivity contribution in [2.24, 2.45) is 0 Å². The van der Waals surface area contributed by atoms with Crippen molar-refractivity contribution < 1.29 is 9.52 Å². The van der Waals surface area contributed by atoms with Gasteiger partial charge in [-0.25, -0.2) is 9.67 Å². The summed E-state index contributed by atoms with van der Waals surface area (Å²) in [5.74, 6) is 1.09. The van der Waals surface area contributed by atoms with Gasteiger partial charge >= 0.3 is 0 Å². The SMILES string of the molecule is CCc1coc(-c2cnn3c2NC(c2ccc4n[nH]nc4c2)=CC3O)n1. The molecule has 0 bridgehead atoms. The molecule has 1 aliphatic heterocycles. The van der Waals surface area contributed by atoms with Crippen LogP contribution in [0, 0.1) is 0 Å². The van der Waals surface area contributed by atoms with Gasteiger partial charge in [-0.05, 0) is 24.6 Å². The van der Waals surface area contributed by atoms with Gasteiger partial charge in [-0.1, -0.05) is 13.0 Å². The Balaban J connectivity index is 1.56. The van der Waals surface area contributed by atoms with E-state index in [1.807, 2.05) is 25.1 Å². The maximum atomic E-state index is 10.5. The van der Waals surface area contributed by atoms with Gasteiger partial charge in [0.1, 0.15) is 23.1 Å². The molecule has 26 heavy (non-hydrogen) atoms. The van der Waals surface area contributed by atoms with Gasteiger partial charge in [0, 0.05) is 11.3 Å². The fraction of sp³-hybridized carbons (Fsp3) is 0.176. The minimum absolute atomic E-state index is 0.469. The van der Waals surface area contributed by atoms with Crippen LogP contribution in [0.4, 0.5) is 5.82 Å². The Morgan fingerprint density at radius 1 is 1.27 bits per heavy atom. The van der Waals surface area contributed by atoms with E-state index in [4.69, 9.17) is 4.42 Å². The van der Waals surface area contributed by atoms with Crippen LogP contribution in [0.25, 0.3) is 28.2 Å². The zero-order valence-electron chi connectivity index (χ0n) is 13.8. The molecule has 1 aliphatic rings. The number of hydrogen-bond donors (Lipinski definition) is 3. The first-order chi connectivity index (χ1) is 12.7. The van der Waals surface area contributed by atoms with Gasteiger partial charge < -0.3 is 14.8 Å². The predicted octanol–water partition coefficient (Wildman–Crippen LogP) is 2.33. The number of aryl methyl sites for hydroxylation is 1. The quantitative estimate of drug-likeness (QED) is 0.519. The first-order valence-electron chi connectivity index (χ1n) is 8.23. The lowest BCUT2D eigenvalue weighted by molar-refractivity contribution is 0.141. The zero-order chi connectivity index (χ0) is 17.7. The van der Waals surface area contributed by atoms with Crippen molar-refractivity contribution in [3.63, 3.8) is 0 Å². The highest BCUT2D eigenvalue weighted by atomic mass is 16.3. The molecular weight excluding hydrogens is 334 g/mol. The van der Waals surface area contributed by atoms with Gasteiger partial charge in [-0.3, -0.25) is 0 Å². The molecule has 0 aliphatic carbocycles. The molecule has 1 atom stereocenters. The lowest BCUT2D eigenvalue weighted by Crippen LogP contribution is -2.18. The lowest BCUT2D eigenvalue weighted by atomic mass is 10.1. The summed E-state index contributed by atoms with van der Waals surface area (Å²) in [7, 11) is 0. The average molecular weight is 349 g/mol. The van der Waals surface area contributed by atoms with Crippen molar-refractivity contribution in [3.05, 3.63) is 48.0 Å². The smallest absolute Gasteiger partial charge is 0.231 e. The summed E-state index contributed by atoms with van der Waals surface area (Å²) >= 11 is 0. The molecule has 0 saturated carbocycles. The number of anilines is 1. The number of nitrogens with zero attached hydrogens (tertiary/aromatic N) is 5. The Morgan fingerprint density at radius 2 is 2.15 bits per heavy atom. The second-order valence-electron chi connectivity index (χ2n) is 6.00. The number of benzene rings is 1. The fourth-order valence-corrected chi connectivity index (χ4v) is 3.00. The summed E-state index contributed by atoms with van der Waals surface area (Å²) < 4.78 is 7.05. The number of oxazole rings is 1. The Kier molecular flexibility index (Phi) is 3.16. The molecule has 9 nitrogen and oxygen atoms in total. The van der Waals surface area contributed by atoms with Crippen LogP contribution in [0.2, 0.25) is 0 Å². The van der Waals surface area contributed by atoms with E-state index in [1.54, 1.807) is 18.5 Å². The third kappa shape index (κ3) is 2.21. The maximum Gasteiger partial charge on any atom is 0.231 e. The van der Waals surface area contributed by atoms with Crippen molar-refractivity contribution in [3.8, 4) is 11.5 Å². The summed E-state index contributed by atoms with van der Waals surface area (Å²) in [6.07, 6.45) is 4.84. The first-order valence-corrected chi connectivity index (χ1v) is 8.23. The molecule has 0 fully saturated rings. The average Bonchev–Trinajstić information content (AvgIpc) is 3.39. The Labute approximate surface area is 147 Å². The molecule has 1 aromatic carbocycles. The van der Waals surface area contributed by atoms with Crippen LogP contribution in [-0.4, -0.2) is 35.3 Å². The normalized spacial score (nSPS) is 16.4. The van der Waals surface area contributed by atoms with E-state index >= 15 is 0 Å². The summed E-state index contributed by atoms with van der Waals surface area (Å²) in [5, 5.41) is 28.8. The number of aromatic amines is 1. The highest BCUT2D eigenvalue weighted by Crippen LogP contribution is 2.35. The number of rotatable bonds is 3. The highest BCUT2D eigenvalue weighted by Gasteiger charge is 2.25. The van der Waals surface area contributed by atoms with E-state index < -0.39 is 6.23 Å². The lowest BCUT2D eigenvalue weighted by Gasteiger charge is -2.22. The van der Waals surface area contributed by atoms with Crippen LogP contribution in [-0.2, 0) is 6.42 Å². The summed E-state index contributed by atoms with van der Waals surface area (Å²) in [4.78, 5) is 4.45. The molecule has 3 N–H and O–H groups in total. The predicted molar refractivity (Wildman–Crippen MR) is 93.8 cm³/mol. The molecule has 130 valence electrons. The molecule has 0 amide bonds. The Bertz CT molecular complexity index is 1140. The summed E-state index contributed by atoms with van der Waals surface area (Å²) in [6, 6.07) is 5.69. The number of aliphatic hydroxyl groups is 1. The standard InChI is InChI=1S/C17H15N7O2/c1-2-10-8-26-17(19-10)11-7-18-24-15(25)6-13(20-16(11)24)9-3-4-12-14(5-9)22-23-21-12/h3-8,15,20,25H,2H2,1H3,(H,21,22,23). The number of nitrogens with one attached hydrogen (secondary N) is 2. The molecule has 1 unspecified atom stereocenters. The van der Waals surface area contributed by atoms with Gasteiger partial charge in [0.05, 0.1) is 17.5 Å².